The Morgan fingerprint density at radius 3 is 2.13 bits per heavy atom. The van der Waals surface area contributed by atoms with Crippen molar-refractivity contribution < 1.29 is 4.79 Å². The zero-order chi connectivity index (χ0) is 21.6. The van der Waals surface area contributed by atoms with Crippen LogP contribution in [-0.4, -0.2) is 20.0 Å². The molecule has 0 radical (unpaired) electrons. The van der Waals surface area contributed by atoms with Gasteiger partial charge in [-0.05, 0) is 60.4 Å². The summed E-state index contributed by atoms with van der Waals surface area (Å²) in [5.74, 6) is -0.110. The van der Waals surface area contributed by atoms with Crippen LogP contribution in [0, 0.1) is 0 Å². The Morgan fingerprint density at radius 2 is 1.48 bits per heavy atom. The van der Waals surface area contributed by atoms with Crippen molar-refractivity contribution in [1.82, 2.24) is 14.1 Å². The van der Waals surface area contributed by atoms with Crippen LogP contribution in [0.2, 0.25) is 0 Å². The number of rotatable bonds is 8. The van der Waals surface area contributed by atoms with E-state index in [1.807, 2.05) is 67.6 Å². The zero-order valence-corrected chi connectivity index (χ0v) is 17.6. The number of anilines is 1. The molecule has 4 aromatic rings. The van der Waals surface area contributed by atoms with Crippen molar-refractivity contribution in [3.8, 4) is 0 Å². The van der Waals surface area contributed by atoms with Crippen LogP contribution in [0.3, 0.4) is 0 Å². The summed E-state index contributed by atoms with van der Waals surface area (Å²) in [6.45, 7) is 3.07. The van der Waals surface area contributed by atoms with Crippen LogP contribution in [0.15, 0.2) is 77.9 Å². The smallest absolute Gasteiger partial charge is 0.326 e. The van der Waals surface area contributed by atoms with Crippen LogP contribution < -0.4 is 11.0 Å². The molecule has 0 spiro atoms. The summed E-state index contributed by atoms with van der Waals surface area (Å²) in [7, 11) is 0. The molecule has 0 fully saturated rings. The van der Waals surface area contributed by atoms with Crippen LogP contribution >= 0.6 is 0 Å². The molecule has 31 heavy (non-hydrogen) atoms. The van der Waals surface area contributed by atoms with Crippen LogP contribution in [-0.2, 0) is 24.3 Å². The molecule has 0 saturated heterocycles. The largest absolute Gasteiger partial charge is 0.329 e. The number of fused-ring (bicyclic) bond motifs is 1. The molecule has 6 nitrogen and oxygen atoms in total. The second-order valence-electron chi connectivity index (χ2n) is 7.60. The molecule has 1 amide bonds. The Kier molecular flexibility index (Phi) is 6.26. The van der Waals surface area contributed by atoms with Gasteiger partial charge in [-0.1, -0.05) is 31.2 Å². The van der Waals surface area contributed by atoms with Gasteiger partial charge in [0.25, 0.3) is 0 Å². The molecule has 1 N–H and O–H groups in total. The van der Waals surface area contributed by atoms with Crippen molar-refractivity contribution in [3.63, 3.8) is 0 Å². The Morgan fingerprint density at radius 1 is 0.871 bits per heavy atom. The van der Waals surface area contributed by atoms with Gasteiger partial charge in [0.1, 0.15) is 0 Å². The first kappa shape index (κ1) is 20.6. The minimum Gasteiger partial charge on any atom is -0.326 e. The molecule has 0 aliphatic heterocycles. The maximum atomic E-state index is 12.8. The molecular weight excluding hydrogens is 388 g/mol. The molecule has 2 aromatic heterocycles. The summed E-state index contributed by atoms with van der Waals surface area (Å²) in [5, 5.41) is 2.93. The molecule has 0 saturated carbocycles. The van der Waals surface area contributed by atoms with Gasteiger partial charge in [-0.3, -0.25) is 18.9 Å². The summed E-state index contributed by atoms with van der Waals surface area (Å²) < 4.78 is 3.48. The second kappa shape index (κ2) is 9.43. The Bertz CT molecular complexity index is 1220. The average Bonchev–Trinajstić information content (AvgIpc) is 3.06. The van der Waals surface area contributed by atoms with E-state index in [-0.39, 0.29) is 18.0 Å². The van der Waals surface area contributed by atoms with Crippen LogP contribution in [0.4, 0.5) is 5.69 Å². The van der Waals surface area contributed by atoms with E-state index in [4.69, 9.17) is 0 Å². The summed E-state index contributed by atoms with van der Waals surface area (Å²) >= 11 is 0. The number of aromatic nitrogens is 3. The van der Waals surface area contributed by atoms with E-state index < -0.39 is 0 Å². The van der Waals surface area contributed by atoms with E-state index >= 15 is 0 Å². The monoisotopic (exact) mass is 414 g/mol. The van der Waals surface area contributed by atoms with Crippen molar-refractivity contribution in [2.24, 2.45) is 0 Å². The Labute approximate surface area is 181 Å². The summed E-state index contributed by atoms with van der Waals surface area (Å²) in [6, 6.07) is 19.6. The first-order chi connectivity index (χ1) is 15.2. The Hall–Kier alpha value is -3.67. The molecule has 0 atom stereocenters. The van der Waals surface area contributed by atoms with E-state index in [1.54, 1.807) is 21.5 Å². The van der Waals surface area contributed by atoms with Crippen LogP contribution in [0.5, 0.6) is 0 Å². The Balaban J connectivity index is 1.40. The van der Waals surface area contributed by atoms with Gasteiger partial charge in [0.05, 0.1) is 11.0 Å². The maximum Gasteiger partial charge on any atom is 0.329 e. The predicted octanol–water partition coefficient (Wildman–Crippen LogP) is 4.23. The number of hydrogen-bond acceptors (Lipinski definition) is 3. The third-order valence-electron chi connectivity index (χ3n) is 5.33. The van der Waals surface area contributed by atoms with Crippen molar-refractivity contribution in [2.45, 2.75) is 39.3 Å². The molecule has 4 rings (SSSR count). The van der Waals surface area contributed by atoms with Crippen LogP contribution in [0.1, 0.15) is 30.9 Å². The van der Waals surface area contributed by atoms with Crippen molar-refractivity contribution in [3.05, 3.63) is 94.7 Å². The predicted molar refractivity (Wildman–Crippen MR) is 123 cm³/mol. The molecule has 2 aromatic carbocycles. The van der Waals surface area contributed by atoms with E-state index in [0.717, 1.165) is 29.6 Å². The first-order valence-electron chi connectivity index (χ1n) is 10.6. The summed E-state index contributed by atoms with van der Waals surface area (Å²) in [6.07, 6.45) is 5.51. The minimum atomic E-state index is -0.110. The quantitative estimate of drug-likeness (QED) is 0.469. The molecule has 0 aliphatic rings. The minimum absolute atomic E-state index is 0.0590. The number of amides is 1. The highest BCUT2D eigenvalue weighted by Crippen LogP contribution is 2.15. The molecule has 2 heterocycles. The topological polar surface area (TPSA) is 68.9 Å². The number of nitrogens with one attached hydrogen (secondary N) is 1. The number of carbonyl (C=O) groups is 1. The van der Waals surface area contributed by atoms with Gasteiger partial charge in [0, 0.05) is 37.6 Å². The normalized spacial score (nSPS) is 11.0. The lowest BCUT2D eigenvalue weighted by Gasteiger charge is -2.08. The molecule has 6 heteroatoms. The fourth-order valence-electron chi connectivity index (χ4n) is 3.81. The molecule has 0 bridgehead atoms. The number of para-hydroxylation sites is 2. The summed E-state index contributed by atoms with van der Waals surface area (Å²) in [4.78, 5) is 29.4. The molecule has 158 valence electrons. The van der Waals surface area contributed by atoms with Gasteiger partial charge in [-0.25, -0.2) is 4.79 Å². The number of carbonyl (C=O) groups excluding carboxylic acids is 1. The third-order valence-corrected chi connectivity index (χ3v) is 5.33. The maximum absolute atomic E-state index is 12.8. The van der Waals surface area contributed by atoms with Crippen molar-refractivity contribution >= 4 is 22.6 Å². The third kappa shape index (κ3) is 4.74. The fraction of sp³-hybridized carbons (Fsp3) is 0.240. The van der Waals surface area contributed by atoms with Gasteiger partial charge in [-0.2, -0.15) is 0 Å². The lowest BCUT2D eigenvalue weighted by atomic mass is 10.1. The van der Waals surface area contributed by atoms with Crippen LogP contribution in [0.25, 0.3) is 11.0 Å². The zero-order valence-electron chi connectivity index (χ0n) is 17.6. The number of pyridine rings is 1. The van der Waals surface area contributed by atoms with E-state index in [2.05, 4.69) is 10.3 Å². The van der Waals surface area contributed by atoms with Gasteiger partial charge >= 0.3 is 5.69 Å². The second-order valence-corrected chi connectivity index (χ2v) is 7.60. The molecule has 0 unspecified atom stereocenters. The highest BCUT2D eigenvalue weighted by molar-refractivity contribution is 5.90. The highest BCUT2D eigenvalue weighted by atomic mass is 16.2. The number of nitrogens with zero attached hydrogens (tertiary/aromatic N) is 3. The SMILES string of the molecule is CCCn1c(=O)n(CCC(=O)Nc2ccc(Cc3ccncc3)cc2)c2ccccc21. The number of benzene rings is 2. The lowest BCUT2D eigenvalue weighted by Crippen LogP contribution is -2.26. The van der Waals surface area contributed by atoms with Gasteiger partial charge in [-0.15, -0.1) is 0 Å². The average molecular weight is 415 g/mol. The molecular formula is C25H26N4O2. The number of imidazole rings is 1. The van der Waals surface area contributed by atoms with Gasteiger partial charge in [0.2, 0.25) is 5.91 Å². The number of hydrogen-bond donors (Lipinski definition) is 1. The fourth-order valence-corrected chi connectivity index (χ4v) is 3.81. The highest BCUT2D eigenvalue weighted by Gasteiger charge is 2.13. The molecule has 0 aliphatic carbocycles. The van der Waals surface area contributed by atoms with E-state index in [9.17, 15) is 9.59 Å². The summed E-state index contributed by atoms with van der Waals surface area (Å²) in [5.41, 5.74) is 4.84. The van der Waals surface area contributed by atoms with Gasteiger partial charge in [0.15, 0.2) is 0 Å². The number of aryl methyl sites for hydroxylation is 2. The van der Waals surface area contributed by atoms with Gasteiger partial charge < -0.3 is 5.32 Å². The van der Waals surface area contributed by atoms with E-state index in [1.165, 1.54) is 11.1 Å². The van der Waals surface area contributed by atoms with Crippen molar-refractivity contribution in [1.29, 1.82) is 0 Å². The standard InChI is InChI=1S/C25H26N4O2/c1-2-16-28-22-5-3-4-6-23(22)29(25(28)31)17-13-24(30)27-21-9-7-19(8-10-21)18-20-11-14-26-15-12-20/h3-12,14-15H,2,13,16-18H2,1H3,(H,27,30). The lowest BCUT2D eigenvalue weighted by molar-refractivity contribution is -0.116. The first-order valence-corrected chi connectivity index (χ1v) is 10.6. The van der Waals surface area contributed by atoms with E-state index in [0.29, 0.717) is 13.1 Å². The van der Waals surface area contributed by atoms with Crippen molar-refractivity contribution in [2.75, 3.05) is 5.32 Å².